The van der Waals surface area contributed by atoms with Crippen molar-refractivity contribution in [3.05, 3.63) is 39.2 Å². The van der Waals surface area contributed by atoms with Crippen molar-refractivity contribution in [3.8, 4) is 0 Å². The Balaban J connectivity index is 2.34. The molecule has 0 fully saturated rings. The lowest BCUT2D eigenvalue weighted by molar-refractivity contribution is 1.17. The maximum absolute atomic E-state index is 6.06. The Hall–Kier alpha value is -1.04. The summed E-state index contributed by atoms with van der Waals surface area (Å²) < 4.78 is 0.891. The zero-order valence-corrected chi connectivity index (χ0v) is 11.5. The van der Waals surface area contributed by atoms with E-state index in [9.17, 15) is 0 Å². The van der Waals surface area contributed by atoms with Crippen LogP contribution in [0.15, 0.2) is 28.9 Å². The summed E-state index contributed by atoms with van der Waals surface area (Å²) >= 11 is 15.1. The van der Waals surface area contributed by atoms with Crippen LogP contribution in [0.4, 0.5) is 17.2 Å². The average Bonchev–Trinajstić information content (AvgIpc) is 2.27. The molecule has 2 rings (SSSR count). The van der Waals surface area contributed by atoms with Crippen molar-refractivity contribution in [1.82, 2.24) is 9.97 Å². The molecule has 88 valence electrons. The molecular formula is C10H7BrCl2N4. The molecule has 7 heteroatoms. The number of aromatic nitrogens is 2. The molecule has 4 nitrogen and oxygen atoms in total. The second kappa shape index (κ2) is 5.08. The predicted octanol–water partition coefficient (Wildman–Crippen LogP) is 3.87. The topological polar surface area (TPSA) is 63.8 Å². The van der Waals surface area contributed by atoms with Crippen molar-refractivity contribution in [3.63, 3.8) is 0 Å². The minimum Gasteiger partial charge on any atom is -0.394 e. The quantitative estimate of drug-likeness (QED) is 0.819. The number of nitrogens with two attached hydrogens (primary N) is 1. The van der Waals surface area contributed by atoms with Gasteiger partial charge in [-0.05, 0) is 29.8 Å². The van der Waals surface area contributed by atoms with E-state index in [1.807, 2.05) is 12.1 Å². The maximum atomic E-state index is 6.06. The van der Waals surface area contributed by atoms with Crippen LogP contribution < -0.4 is 11.1 Å². The SMILES string of the molecule is Nc1cnc(Cl)nc1Nc1ccc(Br)cc1Cl. The van der Waals surface area contributed by atoms with Crippen LogP contribution >= 0.6 is 39.1 Å². The molecule has 3 N–H and O–H groups in total. The predicted molar refractivity (Wildman–Crippen MR) is 73.9 cm³/mol. The third kappa shape index (κ3) is 3.00. The van der Waals surface area contributed by atoms with Crippen LogP contribution in [0, 0.1) is 0 Å². The lowest BCUT2D eigenvalue weighted by Crippen LogP contribution is -2.01. The Bertz CT molecular complexity index is 562. The molecule has 1 aromatic heterocycles. The Morgan fingerprint density at radius 1 is 1.29 bits per heavy atom. The maximum Gasteiger partial charge on any atom is 0.224 e. The summed E-state index contributed by atoms with van der Waals surface area (Å²) in [4.78, 5) is 7.75. The van der Waals surface area contributed by atoms with Crippen LogP contribution in [0.3, 0.4) is 0 Å². The van der Waals surface area contributed by atoms with Gasteiger partial charge in [-0.1, -0.05) is 27.5 Å². The minimum atomic E-state index is 0.120. The summed E-state index contributed by atoms with van der Waals surface area (Å²) in [6, 6.07) is 5.43. The molecule has 2 aromatic rings. The van der Waals surface area contributed by atoms with Gasteiger partial charge in [0.25, 0.3) is 0 Å². The molecule has 0 amide bonds. The third-order valence-electron chi connectivity index (χ3n) is 1.97. The van der Waals surface area contributed by atoms with E-state index in [0.29, 0.717) is 22.2 Å². The first-order valence-corrected chi connectivity index (χ1v) is 6.11. The van der Waals surface area contributed by atoms with Crippen LogP contribution in [0.2, 0.25) is 10.3 Å². The largest absolute Gasteiger partial charge is 0.394 e. The van der Waals surface area contributed by atoms with E-state index < -0.39 is 0 Å². The van der Waals surface area contributed by atoms with Gasteiger partial charge in [0.05, 0.1) is 22.6 Å². The fourth-order valence-corrected chi connectivity index (χ4v) is 2.04. The van der Waals surface area contributed by atoms with E-state index in [2.05, 4.69) is 31.2 Å². The number of hydrogen-bond acceptors (Lipinski definition) is 4. The highest BCUT2D eigenvalue weighted by Gasteiger charge is 2.06. The van der Waals surface area contributed by atoms with Crippen molar-refractivity contribution in [1.29, 1.82) is 0 Å². The Morgan fingerprint density at radius 3 is 2.76 bits per heavy atom. The van der Waals surface area contributed by atoms with E-state index in [-0.39, 0.29) is 5.28 Å². The van der Waals surface area contributed by atoms with Gasteiger partial charge >= 0.3 is 0 Å². The zero-order chi connectivity index (χ0) is 12.4. The molecule has 0 aliphatic carbocycles. The molecule has 0 unspecified atom stereocenters. The highest BCUT2D eigenvalue weighted by molar-refractivity contribution is 9.10. The van der Waals surface area contributed by atoms with Crippen molar-refractivity contribution in [2.45, 2.75) is 0 Å². The van der Waals surface area contributed by atoms with Gasteiger partial charge in [0, 0.05) is 4.47 Å². The Morgan fingerprint density at radius 2 is 2.06 bits per heavy atom. The second-order valence-electron chi connectivity index (χ2n) is 3.19. The Kier molecular flexibility index (Phi) is 3.71. The van der Waals surface area contributed by atoms with E-state index in [0.717, 1.165) is 4.47 Å². The van der Waals surface area contributed by atoms with Gasteiger partial charge in [-0.25, -0.2) is 4.98 Å². The van der Waals surface area contributed by atoms with Crippen LogP contribution in [0.5, 0.6) is 0 Å². The van der Waals surface area contributed by atoms with E-state index >= 15 is 0 Å². The summed E-state index contributed by atoms with van der Waals surface area (Å²) in [5.74, 6) is 0.425. The van der Waals surface area contributed by atoms with Gasteiger partial charge < -0.3 is 11.1 Å². The summed E-state index contributed by atoms with van der Waals surface area (Å²) in [7, 11) is 0. The smallest absolute Gasteiger partial charge is 0.224 e. The number of anilines is 3. The van der Waals surface area contributed by atoms with E-state index in [1.165, 1.54) is 6.20 Å². The molecule has 0 aliphatic rings. The van der Waals surface area contributed by atoms with Gasteiger partial charge in [-0.3, -0.25) is 0 Å². The molecule has 0 spiro atoms. The lowest BCUT2D eigenvalue weighted by Gasteiger charge is -2.09. The highest BCUT2D eigenvalue weighted by atomic mass is 79.9. The van der Waals surface area contributed by atoms with E-state index in [4.69, 9.17) is 28.9 Å². The number of halogens is 3. The summed E-state index contributed by atoms with van der Waals surface area (Å²) in [6.07, 6.45) is 1.43. The first-order valence-electron chi connectivity index (χ1n) is 4.56. The number of rotatable bonds is 2. The van der Waals surface area contributed by atoms with Crippen molar-refractivity contribution >= 4 is 56.3 Å². The number of benzene rings is 1. The lowest BCUT2D eigenvalue weighted by atomic mass is 10.3. The molecule has 1 aromatic carbocycles. The summed E-state index contributed by atoms with van der Waals surface area (Å²) in [6.45, 7) is 0. The van der Waals surface area contributed by atoms with Crippen LogP contribution in [-0.4, -0.2) is 9.97 Å². The molecule has 0 saturated heterocycles. The molecule has 1 heterocycles. The van der Waals surface area contributed by atoms with Crippen molar-refractivity contribution in [2.24, 2.45) is 0 Å². The highest BCUT2D eigenvalue weighted by Crippen LogP contribution is 2.29. The van der Waals surface area contributed by atoms with Gasteiger partial charge in [0.2, 0.25) is 5.28 Å². The van der Waals surface area contributed by atoms with E-state index in [1.54, 1.807) is 6.07 Å². The molecule has 0 atom stereocenters. The molecule has 0 aliphatic heterocycles. The first-order chi connectivity index (χ1) is 8.06. The molecule has 0 radical (unpaired) electrons. The zero-order valence-electron chi connectivity index (χ0n) is 8.42. The summed E-state index contributed by atoms with van der Waals surface area (Å²) in [5, 5.41) is 3.67. The second-order valence-corrected chi connectivity index (χ2v) is 4.85. The third-order valence-corrected chi connectivity index (χ3v) is 2.96. The normalized spacial score (nSPS) is 10.3. The van der Waals surface area contributed by atoms with Gasteiger partial charge in [0.15, 0.2) is 5.82 Å². The fraction of sp³-hybridized carbons (Fsp3) is 0. The molecule has 0 bridgehead atoms. The van der Waals surface area contributed by atoms with Crippen LogP contribution in [0.1, 0.15) is 0 Å². The minimum absolute atomic E-state index is 0.120. The monoisotopic (exact) mass is 332 g/mol. The average molecular weight is 334 g/mol. The number of hydrogen-bond donors (Lipinski definition) is 2. The van der Waals surface area contributed by atoms with Crippen LogP contribution in [-0.2, 0) is 0 Å². The number of nitrogens with zero attached hydrogens (tertiary/aromatic N) is 2. The molecular weight excluding hydrogens is 327 g/mol. The summed E-state index contributed by atoms with van der Waals surface area (Å²) in [5.41, 5.74) is 6.81. The standard InChI is InChI=1S/C10H7BrCl2N4/c11-5-1-2-8(6(12)3-5)16-9-7(14)4-15-10(13)17-9/h1-4H,14H2,(H,15,16,17). The van der Waals surface area contributed by atoms with Gasteiger partial charge in [-0.15, -0.1) is 0 Å². The fourth-order valence-electron chi connectivity index (χ4n) is 1.19. The van der Waals surface area contributed by atoms with Crippen LogP contribution in [0.25, 0.3) is 0 Å². The Labute approximate surface area is 116 Å². The molecule has 0 saturated carbocycles. The van der Waals surface area contributed by atoms with Gasteiger partial charge in [-0.2, -0.15) is 4.98 Å². The molecule has 17 heavy (non-hydrogen) atoms. The van der Waals surface area contributed by atoms with Crippen molar-refractivity contribution < 1.29 is 0 Å². The first kappa shape index (κ1) is 12.4. The number of nitrogen functional groups attached to an aromatic ring is 1. The van der Waals surface area contributed by atoms with Gasteiger partial charge in [0.1, 0.15) is 0 Å². The number of nitrogens with one attached hydrogen (secondary N) is 1. The van der Waals surface area contributed by atoms with Crippen molar-refractivity contribution in [2.75, 3.05) is 11.1 Å².